The number of aliphatic hydroxyl groups excluding tert-OH is 1. The number of carboxylic acid groups (broad SMARTS) is 1. The van der Waals surface area contributed by atoms with Gasteiger partial charge in [-0.05, 0) is 0 Å². The number of carbonyl (C=O) groups excluding carboxylic acids is 1. The summed E-state index contributed by atoms with van der Waals surface area (Å²) in [5.74, 6) is -1.65. The van der Waals surface area contributed by atoms with Gasteiger partial charge in [-0.3, -0.25) is 9.78 Å². The van der Waals surface area contributed by atoms with Crippen LogP contribution in [0.1, 0.15) is 16.1 Å². The molecule has 0 spiro atoms. The van der Waals surface area contributed by atoms with Crippen LogP contribution in [0.2, 0.25) is 0 Å². The molecule has 0 aromatic carbocycles. The predicted molar refractivity (Wildman–Crippen MR) is 52.7 cm³/mol. The van der Waals surface area contributed by atoms with Crippen molar-refractivity contribution in [2.75, 3.05) is 6.61 Å². The zero-order chi connectivity index (χ0) is 11.3. The second-order valence-corrected chi connectivity index (χ2v) is 3.63. The maximum atomic E-state index is 11.4. The fourth-order valence-electron chi connectivity index (χ4n) is 0.944. The highest BCUT2D eigenvalue weighted by Gasteiger charge is 2.20. The Bertz CT molecular complexity index is 338. The van der Waals surface area contributed by atoms with Crippen LogP contribution in [-0.4, -0.2) is 39.7 Å². The first kappa shape index (κ1) is 11.6. The van der Waals surface area contributed by atoms with Crippen molar-refractivity contribution in [3.8, 4) is 0 Å². The first-order valence-corrected chi connectivity index (χ1v) is 5.06. The number of aliphatic hydroxyl groups is 1. The normalized spacial score (nSPS) is 12.1. The van der Waals surface area contributed by atoms with E-state index in [1.807, 2.05) is 0 Å². The van der Waals surface area contributed by atoms with E-state index < -0.39 is 17.9 Å². The molecule has 0 aliphatic carbocycles. The lowest BCUT2D eigenvalue weighted by molar-refractivity contribution is -0.139. The minimum absolute atomic E-state index is 0.0140. The van der Waals surface area contributed by atoms with Crippen LogP contribution < -0.4 is 5.32 Å². The van der Waals surface area contributed by atoms with Crippen LogP contribution >= 0.6 is 11.3 Å². The molecular formula is C8H10N2O4S. The zero-order valence-corrected chi connectivity index (χ0v) is 8.53. The quantitative estimate of drug-likeness (QED) is 0.645. The van der Waals surface area contributed by atoms with Crippen molar-refractivity contribution in [3.05, 3.63) is 16.6 Å². The average Bonchev–Trinajstić information content (AvgIpc) is 2.69. The topological polar surface area (TPSA) is 99.5 Å². The summed E-state index contributed by atoms with van der Waals surface area (Å²) in [5, 5.41) is 19.6. The molecule has 15 heavy (non-hydrogen) atoms. The van der Waals surface area contributed by atoms with Gasteiger partial charge in [0.1, 0.15) is 10.9 Å². The number of rotatable bonds is 5. The van der Waals surface area contributed by atoms with Gasteiger partial charge in [-0.25, -0.2) is 4.79 Å². The van der Waals surface area contributed by atoms with Crippen LogP contribution in [0, 0.1) is 0 Å². The number of carbonyl (C=O) groups is 2. The van der Waals surface area contributed by atoms with Crippen LogP contribution in [0.15, 0.2) is 11.7 Å². The predicted octanol–water partition coefficient (Wildman–Crippen LogP) is -0.291. The van der Waals surface area contributed by atoms with E-state index in [9.17, 15) is 9.59 Å². The lowest BCUT2D eigenvalue weighted by atomic mass is 10.2. The summed E-state index contributed by atoms with van der Waals surface area (Å²) in [6.45, 7) is -0.292. The highest BCUT2D eigenvalue weighted by Crippen LogP contribution is 2.05. The monoisotopic (exact) mass is 230 g/mol. The number of hydrogen-bond acceptors (Lipinski definition) is 5. The third kappa shape index (κ3) is 3.30. The third-order valence-corrected chi connectivity index (χ3v) is 2.45. The Morgan fingerprint density at radius 3 is 2.80 bits per heavy atom. The maximum Gasteiger partial charge on any atom is 0.326 e. The molecule has 0 saturated carbocycles. The van der Waals surface area contributed by atoms with Crippen LogP contribution in [0.4, 0.5) is 0 Å². The highest BCUT2D eigenvalue weighted by atomic mass is 32.1. The Hall–Kier alpha value is -1.47. The first-order chi connectivity index (χ1) is 7.15. The van der Waals surface area contributed by atoms with Crippen LogP contribution in [0.5, 0.6) is 0 Å². The summed E-state index contributed by atoms with van der Waals surface area (Å²) in [6.07, 6.45) is 1.34. The minimum atomic E-state index is -1.16. The Balaban J connectivity index is 2.59. The average molecular weight is 230 g/mol. The molecule has 0 bridgehead atoms. The van der Waals surface area contributed by atoms with Crippen molar-refractivity contribution in [2.45, 2.75) is 12.5 Å². The highest BCUT2D eigenvalue weighted by molar-refractivity contribution is 7.11. The molecule has 1 aromatic heterocycles. The number of nitrogens with zero attached hydrogens (tertiary/aromatic N) is 1. The van der Waals surface area contributed by atoms with E-state index in [0.717, 1.165) is 11.3 Å². The molecular weight excluding hydrogens is 220 g/mol. The lowest BCUT2D eigenvalue weighted by Gasteiger charge is -2.11. The number of carboxylic acids is 1. The zero-order valence-electron chi connectivity index (χ0n) is 7.71. The van der Waals surface area contributed by atoms with Gasteiger partial charge in [-0.1, -0.05) is 0 Å². The Labute approximate surface area is 89.6 Å². The molecule has 82 valence electrons. The van der Waals surface area contributed by atoms with Crippen molar-refractivity contribution in [2.24, 2.45) is 0 Å². The number of aliphatic carboxylic acids is 1. The summed E-state index contributed by atoms with van der Waals surface area (Å²) in [5.41, 5.74) is 1.48. The summed E-state index contributed by atoms with van der Waals surface area (Å²) >= 11 is 1.12. The number of nitrogens with one attached hydrogen (secondary N) is 1. The van der Waals surface area contributed by atoms with E-state index in [4.69, 9.17) is 10.2 Å². The molecule has 1 amide bonds. The van der Waals surface area contributed by atoms with E-state index in [0.29, 0.717) is 4.88 Å². The number of hydrogen-bond donors (Lipinski definition) is 3. The second kappa shape index (κ2) is 5.42. The standard InChI is InChI=1S/C8H10N2O4S/c11-2-1-5(8(13)14)10-7(12)6-3-9-4-15-6/h3-5,11H,1-2H2,(H,10,12)(H,13,14)/t5-/m1/s1. The molecule has 3 N–H and O–H groups in total. The van der Waals surface area contributed by atoms with Gasteiger partial charge in [0.25, 0.3) is 5.91 Å². The molecule has 1 rings (SSSR count). The Morgan fingerprint density at radius 1 is 1.60 bits per heavy atom. The molecule has 1 atom stereocenters. The van der Waals surface area contributed by atoms with Crippen LogP contribution in [0.3, 0.4) is 0 Å². The minimum Gasteiger partial charge on any atom is -0.480 e. The van der Waals surface area contributed by atoms with Gasteiger partial charge in [0, 0.05) is 13.0 Å². The first-order valence-electron chi connectivity index (χ1n) is 4.18. The van der Waals surface area contributed by atoms with Gasteiger partial charge < -0.3 is 15.5 Å². The van der Waals surface area contributed by atoms with Crippen molar-refractivity contribution in [1.82, 2.24) is 10.3 Å². The summed E-state index contributed by atoms with van der Waals surface area (Å²) in [6, 6.07) is -1.07. The van der Waals surface area contributed by atoms with Crippen molar-refractivity contribution in [3.63, 3.8) is 0 Å². The molecule has 0 radical (unpaired) electrons. The third-order valence-electron chi connectivity index (χ3n) is 1.68. The van der Waals surface area contributed by atoms with Gasteiger partial charge in [0.05, 0.1) is 11.7 Å². The van der Waals surface area contributed by atoms with Gasteiger partial charge in [-0.15, -0.1) is 11.3 Å². The van der Waals surface area contributed by atoms with Gasteiger partial charge in [0.2, 0.25) is 0 Å². The van der Waals surface area contributed by atoms with Gasteiger partial charge in [0.15, 0.2) is 0 Å². The molecule has 0 unspecified atom stereocenters. The second-order valence-electron chi connectivity index (χ2n) is 2.74. The molecule has 0 saturated heterocycles. The molecule has 7 heteroatoms. The molecule has 0 aliphatic heterocycles. The molecule has 6 nitrogen and oxygen atoms in total. The van der Waals surface area contributed by atoms with E-state index >= 15 is 0 Å². The number of thiazole rings is 1. The Morgan fingerprint density at radius 2 is 2.33 bits per heavy atom. The molecule has 0 aliphatic rings. The van der Waals surface area contributed by atoms with E-state index in [2.05, 4.69) is 10.3 Å². The van der Waals surface area contributed by atoms with Crippen molar-refractivity contribution in [1.29, 1.82) is 0 Å². The summed E-state index contributed by atoms with van der Waals surface area (Å²) in [7, 11) is 0. The van der Waals surface area contributed by atoms with Crippen LogP contribution in [-0.2, 0) is 4.79 Å². The fourth-order valence-corrected chi connectivity index (χ4v) is 1.47. The Kier molecular flexibility index (Phi) is 4.19. The smallest absolute Gasteiger partial charge is 0.326 e. The van der Waals surface area contributed by atoms with Gasteiger partial charge >= 0.3 is 5.97 Å². The number of aromatic nitrogens is 1. The summed E-state index contributed by atoms with van der Waals surface area (Å²) in [4.78, 5) is 26.1. The lowest BCUT2D eigenvalue weighted by Crippen LogP contribution is -2.41. The molecule has 1 aromatic rings. The van der Waals surface area contributed by atoms with Crippen molar-refractivity contribution >= 4 is 23.2 Å². The van der Waals surface area contributed by atoms with E-state index in [1.165, 1.54) is 11.7 Å². The SMILES string of the molecule is O=C(N[C@H](CCO)C(=O)O)c1cncs1. The number of amides is 1. The molecule has 0 fully saturated rings. The maximum absolute atomic E-state index is 11.4. The molecule has 1 heterocycles. The largest absolute Gasteiger partial charge is 0.480 e. The van der Waals surface area contributed by atoms with E-state index in [1.54, 1.807) is 0 Å². The van der Waals surface area contributed by atoms with Crippen molar-refractivity contribution < 1.29 is 19.8 Å². The van der Waals surface area contributed by atoms with Crippen LogP contribution in [0.25, 0.3) is 0 Å². The fraction of sp³-hybridized carbons (Fsp3) is 0.375. The summed E-state index contributed by atoms with van der Waals surface area (Å²) < 4.78 is 0. The van der Waals surface area contributed by atoms with Gasteiger partial charge in [-0.2, -0.15) is 0 Å². The van der Waals surface area contributed by atoms with E-state index in [-0.39, 0.29) is 13.0 Å².